The van der Waals surface area contributed by atoms with Crippen molar-refractivity contribution in [3.8, 4) is 0 Å². The molecule has 0 aliphatic carbocycles. The summed E-state index contributed by atoms with van der Waals surface area (Å²) in [6.07, 6.45) is 0. The molecule has 0 saturated carbocycles. The predicted molar refractivity (Wildman–Crippen MR) is 41.3 cm³/mol. The maximum absolute atomic E-state index is 11.0. The van der Waals surface area contributed by atoms with Gasteiger partial charge in [-0.05, 0) is 0 Å². The molecule has 4 amide bonds. The first-order valence-corrected chi connectivity index (χ1v) is 4.06. The summed E-state index contributed by atoms with van der Waals surface area (Å²) in [7, 11) is 0. The Morgan fingerprint density at radius 2 is 1.46 bits per heavy atom. The Morgan fingerprint density at radius 1 is 1.00 bits per heavy atom. The Bertz CT molecular complexity index is 220. The van der Waals surface area contributed by atoms with Gasteiger partial charge in [0.05, 0.1) is 13.1 Å². The van der Waals surface area contributed by atoms with E-state index in [-0.39, 0.29) is 12.1 Å². The van der Waals surface area contributed by atoms with E-state index in [1.54, 1.807) is 0 Å². The van der Waals surface area contributed by atoms with Gasteiger partial charge in [-0.3, -0.25) is 0 Å². The summed E-state index contributed by atoms with van der Waals surface area (Å²) < 4.78 is 0. The zero-order valence-corrected chi connectivity index (χ0v) is 6.95. The van der Waals surface area contributed by atoms with E-state index >= 15 is 0 Å². The molecule has 2 aliphatic heterocycles. The number of urea groups is 2. The maximum Gasteiger partial charge on any atom is 0.343 e. The molecular formula is C6H10N4O3. The first-order valence-electron chi connectivity index (χ1n) is 4.06. The second-order valence-corrected chi connectivity index (χ2v) is 2.75. The van der Waals surface area contributed by atoms with E-state index in [9.17, 15) is 9.59 Å². The number of hydroxylamine groups is 4. The van der Waals surface area contributed by atoms with Crippen LogP contribution in [0, 0.1) is 0 Å². The van der Waals surface area contributed by atoms with Crippen molar-refractivity contribution in [2.24, 2.45) is 0 Å². The molecule has 2 aliphatic rings. The lowest BCUT2D eigenvalue weighted by Crippen LogP contribution is -2.39. The molecule has 0 atom stereocenters. The number of carbonyl (C=O) groups excluding carboxylic acids is 2. The fourth-order valence-electron chi connectivity index (χ4n) is 1.18. The highest BCUT2D eigenvalue weighted by atomic mass is 16.9. The molecule has 0 unspecified atom stereocenters. The minimum Gasteiger partial charge on any atom is -0.334 e. The number of hydrogen-bond acceptors (Lipinski definition) is 3. The van der Waals surface area contributed by atoms with Gasteiger partial charge in [0.25, 0.3) is 0 Å². The van der Waals surface area contributed by atoms with Crippen molar-refractivity contribution in [3.63, 3.8) is 0 Å². The minimum absolute atomic E-state index is 0.306. The molecule has 13 heavy (non-hydrogen) atoms. The van der Waals surface area contributed by atoms with Gasteiger partial charge in [-0.25, -0.2) is 9.59 Å². The van der Waals surface area contributed by atoms with Crippen LogP contribution in [0.3, 0.4) is 0 Å². The van der Waals surface area contributed by atoms with Gasteiger partial charge in [0.1, 0.15) is 0 Å². The van der Waals surface area contributed by atoms with Crippen LogP contribution in [0.25, 0.3) is 0 Å². The third-order valence-corrected chi connectivity index (χ3v) is 1.83. The fraction of sp³-hybridized carbons (Fsp3) is 0.667. The van der Waals surface area contributed by atoms with Crippen molar-refractivity contribution in [3.05, 3.63) is 0 Å². The van der Waals surface area contributed by atoms with E-state index in [4.69, 9.17) is 4.94 Å². The van der Waals surface area contributed by atoms with Crippen LogP contribution in [0.4, 0.5) is 9.59 Å². The van der Waals surface area contributed by atoms with Gasteiger partial charge in [-0.1, -0.05) is 0 Å². The van der Waals surface area contributed by atoms with Crippen molar-refractivity contribution >= 4 is 12.1 Å². The Kier molecular flexibility index (Phi) is 1.93. The Balaban J connectivity index is 1.89. The first-order chi connectivity index (χ1) is 6.27. The zero-order valence-electron chi connectivity index (χ0n) is 6.95. The number of hydrogen-bond donors (Lipinski definition) is 2. The molecule has 2 saturated heterocycles. The summed E-state index contributed by atoms with van der Waals surface area (Å²) in [6, 6.07) is -0.612. The summed E-state index contributed by atoms with van der Waals surface area (Å²) in [4.78, 5) is 27.0. The molecule has 0 aromatic rings. The lowest BCUT2D eigenvalue weighted by Gasteiger charge is -2.19. The highest BCUT2D eigenvalue weighted by Gasteiger charge is 2.28. The van der Waals surface area contributed by atoms with Crippen molar-refractivity contribution in [2.75, 3.05) is 26.2 Å². The van der Waals surface area contributed by atoms with Gasteiger partial charge in [0.2, 0.25) is 0 Å². The molecule has 0 aromatic heterocycles. The van der Waals surface area contributed by atoms with Crippen LogP contribution < -0.4 is 10.6 Å². The third kappa shape index (κ3) is 1.50. The van der Waals surface area contributed by atoms with Crippen molar-refractivity contribution in [2.45, 2.75) is 0 Å². The number of carbonyl (C=O) groups is 2. The van der Waals surface area contributed by atoms with Gasteiger partial charge in [-0.2, -0.15) is 10.1 Å². The summed E-state index contributed by atoms with van der Waals surface area (Å²) >= 11 is 0. The molecule has 72 valence electrons. The Morgan fingerprint density at radius 3 is 1.77 bits per heavy atom. The quantitative estimate of drug-likeness (QED) is 0.574. The highest BCUT2D eigenvalue weighted by Crippen LogP contribution is 2.04. The monoisotopic (exact) mass is 186 g/mol. The summed E-state index contributed by atoms with van der Waals surface area (Å²) in [5.74, 6) is 0. The number of nitrogens with one attached hydrogen (secondary N) is 2. The SMILES string of the molecule is O=C1NCCN1ON1CCNC1=O. The zero-order chi connectivity index (χ0) is 9.26. The van der Waals surface area contributed by atoms with Crippen LogP contribution in [0.1, 0.15) is 0 Å². The third-order valence-electron chi connectivity index (χ3n) is 1.83. The van der Waals surface area contributed by atoms with Gasteiger partial charge < -0.3 is 10.6 Å². The summed E-state index contributed by atoms with van der Waals surface area (Å²) in [5, 5.41) is 7.38. The van der Waals surface area contributed by atoms with Crippen LogP contribution in [0.15, 0.2) is 0 Å². The smallest absolute Gasteiger partial charge is 0.334 e. The average Bonchev–Trinajstić information content (AvgIpc) is 2.65. The minimum atomic E-state index is -0.306. The second-order valence-electron chi connectivity index (χ2n) is 2.75. The van der Waals surface area contributed by atoms with Crippen molar-refractivity contribution in [1.29, 1.82) is 0 Å². The van der Waals surface area contributed by atoms with Gasteiger partial charge in [0.15, 0.2) is 0 Å². The van der Waals surface area contributed by atoms with E-state index in [0.717, 1.165) is 10.1 Å². The van der Waals surface area contributed by atoms with Crippen LogP contribution in [0.5, 0.6) is 0 Å². The topological polar surface area (TPSA) is 73.9 Å². The standard InChI is InChI=1S/C6H10N4O3/c11-5-7-1-3-9(5)13-10-4-2-8-6(10)12/h1-4H2,(H,7,11)(H,8,12). The molecule has 2 rings (SSSR count). The Hall–Kier alpha value is -1.50. The lowest BCUT2D eigenvalue weighted by atomic mass is 10.7. The summed E-state index contributed by atoms with van der Waals surface area (Å²) in [5.41, 5.74) is 0. The number of amides is 4. The number of rotatable bonds is 2. The molecule has 0 spiro atoms. The fourth-order valence-corrected chi connectivity index (χ4v) is 1.18. The largest absolute Gasteiger partial charge is 0.343 e. The van der Waals surface area contributed by atoms with Crippen LogP contribution in [-0.2, 0) is 4.94 Å². The Labute approximate surface area is 74.5 Å². The average molecular weight is 186 g/mol. The molecule has 0 radical (unpaired) electrons. The first kappa shape index (κ1) is 8.11. The van der Waals surface area contributed by atoms with Crippen LogP contribution >= 0.6 is 0 Å². The molecule has 2 heterocycles. The molecule has 0 bridgehead atoms. The van der Waals surface area contributed by atoms with E-state index in [0.29, 0.717) is 26.2 Å². The van der Waals surface area contributed by atoms with Gasteiger partial charge >= 0.3 is 12.1 Å². The predicted octanol–water partition coefficient (Wildman–Crippen LogP) is -1.12. The number of nitrogens with zero attached hydrogens (tertiary/aromatic N) is 2. The normalized spacial score (nSPS) is 22.2. The molecule has 7 heteroatoms. The molecule has 2 fully saturated rings. The van der Waals surface area contributed by atoms with E-state index in [1.165, 1.54) is 0 Å². The van der Waals surface area contributed by atoms with Gasteiger partial charge in [-0.15, -0.1) is 4.94 Å². The molecular weight excluding hydrogens is 176 g/mol. The van der Waals surface area contributed by atoms with E-state index in [2.05, 4.69) is 10.6 Å². The van der Waals surface area contributed by atoms with E-state index < -0.39 is 0 Å². The molecule has 7 nitrogen and oxygen atoms in total. The van der Waals surface area contributed by atoms with Crippen LogP contribution in [0.2, 0.25) is 0 Å². The highest BCUT2D eigenvalue weighted by molar-refractivity contribution is 5.76. The van der Waals surface area contributed by atoms with Crippen molar-refractivity contribution in [1.82, 2.24) is 20.8 Å². The van der Waals surface area contributed by atoms with Crippen molar-refractivity contribution < 1.29 is 14.5 Å². The van der Waals surface area contributed by atoms with Crippen LogP contribution in [-0.4, -0.2) is 48.4 Å². The molecule has 2 N–H and O–H groups in total. The molecule has 0 aromatic carbocycles. The second kappa shape index (κ2) is 3.09. The lowest BCUT2D eigenvalue weighted by molar-refractivity contribution is -0.254. The van der Waals surface area contributed by atoms with E-state index in [1.807, 2.05) is 0 Å². The summed E-state index contributed by atoms with van der Waals surface area (Å²) in [6.45, 7) is 2.02. The maximum atomic E-state index is 11.0. The van der Waals surface area contributed by atoms with Gasteiger partial charge in [0, 0.05) is 13.1 Å².